The van der Waals surface area contributed by atoms with Gasteiger partial charge in [0.25, 0.3) is 0 Å². The molecule has 92 valence electrons. The van der Waals surface area contributed by atoms with Crippen molar-refractivity contribution >= 4 is 21.4 Å². The van der Waals surface area contributed by atoms with Gasteiger partial charge in [0, 0.05) is 30.3 Å². The summed E-state index contributed by atoms with van der Waals surface area (Å²) in [4.78, 5) is 2.47. The van der Waals surface area contributed by atoms with Crippen LogP contribution in [-0.2, 0) is 6.54 Å². The monoisotopic (exact) mass is 256 g/mol. The van der Waals surface area contributed by atoms with Gasteiger partial charge in [0.1, 0.15) is 0 Å². The molecule has 1 heterocycles. The predicted octanol–water partition coefficient (Wildman–Crippen LogP) is 3.78. The first kappa shape index (κ1) is 11.7. The van der Waals surface area contributed by atoms with Crippen LogP contribution in [0, 0.1) is 11.3 Å². The SMILES string of the molecule is N#CCCN(Cc1csc2ccccc12)C1CC1. The number of fused-ring (bicyclic) bond motifs is 1. The average Bonchev–Trinajstić information content (AvgIpc) is 3.17. The average molecular weight is 256 g/mol. The van der Waals surface area contributed by atoms with E-state index in [1.165, 1.54) is 28.5 Å². The number of nitriles is 1. The molecule has 2 nitrogen and oxygen atoms in total. The molecule has 0 aliphatic heterocycles. The van der Waals surface area contributed by atoms with E-state index in [-0.39, 0.29) is 0 Å². The summed E-state index contributed by atoms with van der Waals surface area (Å²) in [5.41, 5.74) is 1.42. The van der Waals surface area contributed by atoms with Gasteiger partial charge in [-0.1, -0.05) is 18.2 Å². The van der Waals surface area contributed by atoms with E-state index in [1.807, 2.05) is 11.3 Å². The Balaban J connectivity index is 1.79. The molecule has 1 aliphatic rings. The molecule has 1 aromatic carbocycles. The Morgan fingerprint density at radius 3 is 2.94 bits per heavy atom. The number of rotatable bonds is 5. The molecular weight excluding hydrogens is 240 g/mol. The third kappa shape index (κ3) is 2.40. The Hall–Kier alpha value is -1.37. The zero-order valence-electron chi connectivity index (χ0n) is 10.3. The van der Waals surface area contributed by atoms with E-state index < -0.39 is 0 Å². The smallest absolute Gasteiger partial charge is 0.0635 e. The minimum absolute atomic E-state index is 0.637. The molecule has 0 radical (unpaired) electrons. The van der Waals surface area contributed by atoms with Crippen LogP contribution in [0.5, 0.6) is 0 Å². The van der Waals surface area contributed by atoms with Crippen LogP contribution in [0.4, 0.5) is 0 Å². The van der Waals surface area contributed by atoms with Gasteiger partial charge in [-0.05, 0) is 35.2 Å². The van der Waals surface area contributed by atoms with Crippen LogP contribution in [0.2, 0.25) is 0 Å². The van der Waals surface area contributed by atoms with Crippen molar-refractivity contribution in [2.45, 2.75) is 31.8 Å². The van der Waals surface area contributed by atoms with Crippen molar-refractivity contribution in [1.82, 2.24) is 4.90 Å². The summed E-state index contributed by atoms with van der Waals surface area (Å²) in [7, 11) is 0. The molecule has 0 amide bonds. The van der Waals surface area contributed by atoms with Crippen molar-refractivity contribution < 1.29 is 0 Å². The molecule has 1 fully saturated rings. The molecule has 1 aromatic heterocycles. The Kier molecular flexibility index (Phi) is 3.31. The maximum Gasteiger partial charge on any atom is 0.0635 e. The summed E-state index contributed by atoms with van der Waals surface area (Å²) >= 11 is 1.82. The number of hydrogen-bond donors (Lipinski definition) is 0. The molecule has 3 rings (SSSR count). The highest BCUT2D eigenvalue weighted by Gasteiger charge is 2.28. The van der Waals surface area contributed by atoms with Gasteiger partial charge in [0.15, 0.2) is 0 Å². The van der Waals surface area contributed by atoms with Crippen LogP contribution in [0.3, 0.4) is 0 Å². The van der Waals surface area contributed by atoms with Crippen molar-refractivity contribution in [3.63, 3.8) is 0 Å². The highest BCUT2D eigenvalue weighted by molar-refractivity contribution is 7.17. The highest BCUT2D eigenvalue weighted by atomic mass is 32.1. The fraction of sp³-hybridized carbons (Fsp3) is 0.400. The number of nitrogens with zero attached hydrogens (tertiary/aromatic N) is 2. The standard InChI is InChI=1S/C15H16N2S/c16-8-3-9-17(13-6-7-13)10-12-11-18-15-5-2-1-4-14(12)15/h1-2,4-5,11,13H,3,6-7,9-10H2. The Morgan fingerprint density at radius 2 is 2.17 bits per heavy atom. The largest absolute Gasteiger partial charge is 0.295 e. The third-order valence-electron chi connectivity index (χ3n) is 3.51. The van der Waals surface area contributed by atoms with Gasteiger partial charge < -0.3 is 0 Å². The third-order valence-corrected chi connectivity index (χ3v) is 4.52. The molecule has 18 heavy (non-hydrogen) atoms. The topological polar surface area (TPSA) is 27.0 Å². The fourth-order valence-corrected chi connectivity index (χ4v) is 3.35. The molecule has 1 aliphatic carbocycles. The van der Waals surface area contributed by atoms with Crippen molar-refractivity contribution in [3.05, 3.63) is 35.2 Å². The lowest BCUT2D eigenvalue weighted by molar-refractivity contribution is 0.262. The van der Waals surface area contributed by atoms with Gasteiger partial charge in [-0.3, -0.25) is 4.90 Å². The van der Waals surface area contributed by atoms with E-state index in [9.17, 15) is 0 Å². The van der Waals surface area contributed by atoms with Gasteiger partial charge in [-0.25, -0.2) is 0 Å². The van der Waals surface area contributed by atoms with Crippen LogP contribution in [-0.4, -0.2) is 17.5 Å². The Morgan fingerprint density at radius 1 is 1.33 bits per heavy atom. The van der Waals surface area contributed by atoms with Gasteiger partial charge in [0.2, 0.25) is 0 Å². The molecular formula is C15H16N2S. The molecule has 0 bridgehead atoms. The first-order valence-electron chi connectivity index (χ1n) is 6.44. The molecule has 1 saturated carbocycles. The fourth-order valence-electron chi connectivity index (χ4n) is 2.40. The number of hydrogen-bond acceptors (Lipinski definition) is 3. The predicted molar refractivity (Wildman–Crippen MR) is 75.5 cm³/mol. The van der Waals surface area contributed by atoms with Crippen molar-refractivity contribution in [2.24, 2.45) is 0 Å². The summed E-state index contributed by atoms with van der Waals surface area (Å²) in [6.45, 7) is 1.90. The Bertz CT molecular complexity index is 577. The van der Waals surface area contributed by atoms with Crippen LogP contribution in [0.1, 0.15) is 24.8 Å². The molecule has 3 heteroatoms. The molecule has 0 unspecified atom stereocenters. The number of thiophene rings is 1. The van der Waals surface area contributed by atoms with Crippen LogP contribution < -0.4 is 0 Å². The second-order valence-electron chi connectivity index (χ2n) is 4.87. The maximum atomic E-state index is 8.74. The first-order chi connectivity index (χ1) is 8.88. The molecule has 0 N–H and O–H groups in total. The highest BCUT2D eigenvalue weighted by Crippen LogP contribution is 2.32. The van der Waals surface area contributed by atoms with Crippen molar-refractivity contribution in [2.75, 3.05) is 6.54 Å². The van der Waals surface area contributed by atoms with Crippen molar-refractivity contribution in [3.8, 4) is 6.07 Å². The van der Waals surface area contributed by atoms with Gasteiger partial charge in [-0.15, -0.1) is 11.3 Å². The minimum Gasteiger partial charge on any atom is -0.295 e. The lowest BCUT2D eigenvalue weighted by atomic mass is 10.1. The maximum absolute atomic E-state index is 8.74. The van der Waals surface area contributed by atoms with Crippen molar-refractivity contribution in [1.29, 1.82) is 5.26 Å². The summed E-state index contributed by atoms with van der Waals surface area (Å²) in [6.07, 6.45) is 3.24. The molecule has 0 spiro atoms. The normalized spacial score (nSPS) is 15.1. The second kappa shape index (κ2) is 5.09. The molecule has 0 saturated heterocycles. The summed E-state index contributed by atoms with van der Waals surface area (Å²) < 4.78 is 1.36. The van der Waals surface area contributed by atoms with Gasteiger partial charge >= 0.3 is 0 Å². The van der Waals surface area contributed by atoms with E-state index >= 15 is 0 Å². The number of benzene rings is 1. The zero-order chi connectivity index (χ0) is 12.4. The molecule has 2 aromatic rings. The van der Waals surface area contributed by atoms with Crippen LogP contribution in [0.25, 0.3) is 10.1 Å². The first-order valence-corrected chi connectivity index (χ1v) is 7.32. The van der Waals surface area contributed by atoms with E-state index in [0.29, 0.717) is 6.42 Å². The summed E-state index contributed by atoms with van der Waals surface area (Å²) in [5, 5.41) is 12.4. The lowest BCUT2D eigenvalue weighted by Crippen LogP contribution is -2.26. The quantitative estimate of drug-likeness (QED) is 0.814. The zero-order valence-corrected chi connectivity index (χ0v) is 11.1. The van der Waals surface area contributed by atoms with Crippen LogP contribution in [0.15, 0.2) is 29.6 Å². The minimum atomic E-state index is 0.637. The second-order valence-corrected chi connectivity index (χ2v) is 5.78. The summed E-state index contributed by atoms with van der Waals surface area (Å²) in [6, 6.07) is 11.6. The van der Waals surface area contributed by atoms with Gasteiger partial charge in [-0.2, -0.15) is 5.26 Å². The van der Waals surface area contributed by atoms with E-state index in [2.05, 4.69) is 40.6 Å². The Labute approximate surface area is 111 Å². The molecule has 0 atom stereocenters. The van der Waals surface area contributed by atoms with Crippen LogP contribution >= 0.6 is 11.3 Å². The van der Waals surface area contributed by atoms with E-state index in [4.69, 9.17) is 5.26 Å². The van der Waals surface area contributed by atoms with Gasteiger partial charge in [0.05, 0.1) is 6.07 Å². The van der Waals surface area contributed by atoms with E-state index in [1.54, 1.807) is 0 Å². The van der Waals surface area contributed by atoms with E-state index in [0.717, 1.165) is 19.1 Å². The lowest BCUT2D eigenvalue weighted by Gasteiger charge is -2.20. The summed E-state index contributed by atoms with van der Waals surface area (Å²) in [5.74, 6) is 0.